The molecule has 4 N–H and O–H groups in total. The van der Waals surface area contributed by atoms with E-state index in [2.05, 4.69) is 53.3 Å². The highest BCUT2D eigenvalue weighted by Gasteiger charge is 2.37. The van der Waals surface area contributed by atoms with Gasteiger partial charge in [0.25, 0.3) is 0 Å². The summed E-state index contributed by atoms with van der Waals surface area (Å²) in [5.41, 5.74) is 12.4. The van der Waals surface area contributed by atoms with Gasteiger partial charge in [0.1, 0.15) is 6.04 Å². The SMILES string of the molecule is Cc1ccc(C#Cc2ccc(CN3OC(CN)CC3C(=O)NCCc3c[nH]c4ccccc34)cc2)cc1. The van der Waals surface area contributed by atoms with Crippen molar-refractivity contribution in [1.29, 1.82) is 0 Å². The summed E-state index contributed by atoms with van der Waals surface area (Å²) in [4.78, 5) is 22.4. The number of amides is 1. The predicted octanol–water partition coefficient (Wildman–Crippen LogP) is 4.07. The van der Waals surface area contributed by atoms with Crippen LogP contribution in [0.1, 0.15) is 34.2 Å². The number of carbonyl (C=O) groups excluding carboxylic acids is 1. The van der Waals surface area contributed by atoms with Crippen LogP contribution >= 0.6 is 0 Å². The Morgan fingerprint density at radius 2 is 1.76 bits per heavy atom. The smallest absolute Gasteiger partial charge is 0.239 e. The molecule has 0 bridgehead atoms. The molecule has 3 aromatic carbocycles. The summed E-state index contributed by atoms with van der Waals surface area (Å²) in [6.45, 7) is 3.51. The number of rotatable bonds is 7. The Morgan fingerprint density at radius 1 is 1.05 bits per heavy atom. The molecule has 2 atom stereocenters. The van der Waals surface area contributed by atoms with E-state index in [0.29, 0.717) is 26.1 Å². The number of aryl methyl sites for hydroxylation is 1. The zero-order valence-electron chi connectivity index (χ0n) is 21.0. The van der Waals surface area contributed by atoms with Crippen molar-refractivity contribution in [2.45, 2.75) is 38.5 Å². The number of carbonyl (C=O) groups is 1. The number of hydrogen-bond donors (Lipinski definition) is 3. The van der Waals surface area contributed by atoms with Crippen LogP contribution in [0.2, 0.25) is 0 Å². The molecule has 6 heteroatoms. The minimum Gasteiger partial charge on any atom is -0.361 e. The van der Waals surface area contributed by atoms with Crippen LogP contribution in [-0.4, -0.2) is 41.2 Å². The summed E-state index contributed by atoms with van der Waals surface area (Å²) in [5, 5.41) is 6.06. The second kappa shape index (κ2) is 11.4. The number of nitrogens with zero attached hydrogens (tertiary/aromatic N) is 1. The maximum absolute atomic E-state index is 13.1. The average Bonchev–Trinajstić information content (AvgIpc) is 3.53. The van der Waals surface area contributed by atoms with Gasteiger partial charge in [-0.2, -0.15) is 5.06 Å². The lowest BCUT2D eigenvalue weighted by Crippen LogP contribution is -2.43. The third-order valence-corrected chi connectivity index (χ3v) is 6.75. The number of hydroxylamine groups is 2. The van der Waals surface area contributed by atoms with Crippen LogP contribution in [0.15, 0.2) is 79.0 Å². The van der Waals surface area contributed by atoms with Gasteiger partial charge in [0.2, 0.25) is 5.91 Å². The van der Waals surface area contributed by atoms with Crippen molar-refractivity contribution in [3.05, 3.63) is 107 Å². The molecule has 2 unspecified atom stereocenters. The Kier molecular flexibility index (Phi) is 7.67. The Morgan fingerprint density at radius 3 is 2.49 bits per heavy atom. The van der Waals surface area contributed by atoms with Gasteiger partial charge in [-0.15, -0.1) is 0 Å². The molecule has 0 saturated carbocycles. The number of fused-ring (bicyclic) bond motifs is 1. The molecule has 4 aromatic rings. The van der Waals surface area contributed by atoms with E-state index in [0.717, 1.165) is 28.6 Å². The molecule has 0 aliphatic carbocycles. The molecular weight excluding hydrogens is 460 g/mol. The van der Waals surface area contributed by atoms with Gasteiger partial charge in [-0.05, 0) is 54.8 Å². The molecule has 1 fully saturated rings. The van der Waals surface area contributed by atoms with Crippen molar-refractivity contribution in [2.75, 3.05) is 13.1 Å². The number of benzene rings is 3. The van der Waals surface area contributed by atoms with Crippen molar-refractivity contribution in [3.8, 4) is 11.8 Å². The molecule has 1 saturated heterocycles. The van der Waals surface area contributed by atoms with Crippen molar-refractivity contribution in [2.24, 2.45) is 5.73 Å². The number of H-pyrrole nitrogens is 1. The molecule has 1 aliphatic rings. The molecule has 0 spiro atoms. The first-order valence-corrected chi connectivity index (χ1v) is 12.7. The Balaban J connectivity index is 1.18. The Labute approximate surface area is 217 Å². The van der Waals surface area contributed by atoms with Crippen molar-refractivity contribution < 1.29 is 9.63 Å². The van der Waals surface area contributed by atoms with Crippen LogP contribution in [0.5, 0.6) is 0 Å². The van der Waals surface area contributed by atoms with E-state index in [9.17, 15) is 4.79 Å². The molecule has 2 heterocycles. The molecular formula is C31H32N4O2. The van der Waals surface area contributed by atoms with E-state index in [4.69, 9.17) is 10.6 Å². The van der Waals surface area contributed by atoms with E-state index in [1.807, 2.05) is 54.7 Å². The summed E-state index contributed by atoms with van der Waals surface area (Å²) >= 11 is 0. The van der Waals surface area contributed by atoms with Crippen LogP contribution < -0.4 is 11.1 Å². The second-order valence-corrected chi connectivity index (χ2v) is 9.50. The maximum Gasteiger partial charge on any atom is 0.239 e. The predicted molar refractivity (Wildman–Crippen MR) is 146 cm³/mol. The van der Waals surface area contributed by atoms with Gasteiger partial charge in [-0.1, -0.05) is 59.9 Å². The van der Waals surface area contributed by atoms with E-state index in [1.165, 1.54) is 16.5 Å². The number of para-hydroxylation sites is 1. The third-order valence-electron chi connectivity index (χ3n) is 6.75. The maximum atomic E-state index is 13.1. The van der Waals surface area contributed by atoms with Gasteiger partial charge in [0.05, 0.1) is 12.6 Å². The van der Waals surface area contributed by atoms with Crippen LogP contribution in [-0.2, 0) is 22.6 Å². The van der Waals surface area contributed by atoms with Crippen molar-refractivity contribution in [3.63, 3.8) is 0 Å². The number of aromatic amines is 1. The topological polar surface area (TPSA) is 83.4 Å². The van der Waals surface area contributed by atoms with Gasteiger partial charge in [-0.25, -0.2) is 0 Å². The number of aromatic nitrogens is 1. The molecule has 0 radical (unpaired) electrons. The summed E-state index contributed by atoms with van der Waals surface area (Å²) in [5.74, 6) is 6.38. The zero-order valence-corrected chi connectivity index (χ0v) is 21.0. The van der Waals surface area contributed by atoms with Gasteiger partial charge in [-0.3, -0.25) is 9.63 Å². The summed E-state index contributed by atoms with van der Waals surface area (Å²) in [6, 6.07) is 24.1. The highest BCUT2D eigenvalue weighted by atomic mass is 16.7. The van der Waals surface area contributed by atoms with Crippen LogP contribution in [0.3, 0.4) is 0 Å². The molecule has 188 valence electrons. The lowest BCUT2D eigenvalue weighted by molar-refractivity contribution is -0.173. The molecule has 1 amide bonds. The quantitative estimate of drug-likeness (QED) is 0.340. The number of nitrogens with one attached hydrogen (secondary N) is 2. The molecule has 37 heavy (non-hydrogen) atoms. The van der Waals surface area contributed by atoms with Crippen LogP contribution in [0.4, 0.5) is 0 Å². The van der Waals surface area contributed by atoms with Gasteiger partial charge >= 0.3 is 0 Å². The summed E-state index contributed by atoms with van der Waals surface area (Å²) in [6.07, 6.45) is 3.19. The lowest BCUT2D eigenvalue weighted by atomic mass is 10.1. The van der Waals surface area contributed by atoms with E-state index < -0.39 is 0 Å². The van der Waals surface area contributed by atoms with Gasteiger partial charge < -0.3 is 16.0 Å². The minimum absolute atomic E-state index is 0.0311. The van der Waals surface area contributed by atoms with Crippen molar-refractivity contribution in [1.82, 2.24) is 15.4 Å². The van der Waals surface area contributed by atoms with E-state index in [-0.39, 0.29) is 18.1 Å². The first-order chi connectivity index (χ1) is 18.1. The number of hydrogen-bond acceptors (Lipinski definition) is 4. The monoisotopic (exact) mass is 492 g/mol. The Hall–Kier alpha value is -3.89. The fraction of sp³-hybridized carbons (Fsp3) is 0.258. The fourth-order valence-corrected chi connectivity index (χ4v) is 4.63. The first kappa shape index (κ1) is 24.8. The van der Waals surface area contributed by atoms with Crippen molar-refractivity contribution >= 4 is 16.8 Å². The largest absolute Gasteiger partial charge is 0.361 e. The van der Waals surface area contributed by atoms with E-state index in [1.54, 1.807) is 5.06 Å². The minimum atomic E-state index is -0.377. The fourth-order valence-electron chi connectivity index (χ4n) is 4.63. The normalized spacial score (nSPS) is 17.5. The standard InChI is InChI=1S/C31H32N4O2/c1-22-6-8-23(9-7-22)10-11-24-12-14-25(15-13-24)21-35-30(18-27(19-32)37-35)31(36)33-17-16-26-20-34-29-5-3-2-4-28(26)29/h2-9,12-15,20,27,30,34H,16-19,21,32H2,1H3,(H,33,36). The zero-order chi connectivity index (χ0) is 25.6. The van der Waals surface area contributed by atoms with Crippen LogP contribution in [0.25, 0.3) is 10.9 Å². The molecule has 1 aromatic heterocycles. The van der Waals surface area contributed by atoms with E-state index >= 15 is 0 Å². The first-order valence-electron chi connectivity index (χ1n) is 12.7. The highest BCUT2D eigenvalue weighted by Crippen LogP contribution is 2.24. The summed E-state index contributed by atoms with van der Waals surface area (Å²) in [7, 11) is 0. The molecule has 6 nitrogen and oxygen atoms in total. The highest BCUT2D eigenvalue weighted by molar-refractivity contribution is 5.84. The average molecular weight is 493 g/mol. The van der Waals surface area contributed by atoms with Crippen LogP contribution in [0, 0.1) is 18.8 Å². The summed E-state index contributed by atoms with van der Waals surface area (Å²) < 4.78 is 0. The van der Waals surface area contributed by atoms with Gasteiger partial charge in [0.15, 0.2) is 0 Å². The van der Waals surface area contributed by atoms with Gasteiger partial charge in [0, 0.05) is 47.7 Å². The molecule has 1 aliphatic heterocycles. The second-order valence-electron chi connectivity index (χ2n) is 9.50. The number of nitrogens with two attached hydrogens (primary N) is 1. The third kappa shape index (κ3) is 6.10. The lowest BCUT2D eigenvalue weighted by Gasteiger charge is -2.22. The molecule has 5 rings (SSSR count). The Bertz CT molecular complexity index is 1410.